The summed E-state index contributed by atoms with van der Waals surface area (Å²) in [7, 11) is -3.35. The predicted molar refractivity (Wildman–Crippen MR) is 129 cm³/mol. The number of anilines is 1. The van der Waals surface area contributed by atoms with Gasteiger partial charge in [-0.05, 0) is 61.9 Å². The van der Waals surface area contributed by atoms with Crippen molar-refractivity contribution in [2.75, 3.05) is 23.7 Å². The highest BCUT2D eigenvalue weighted by Gasteiger charge is 2.33. The lowest BCUT2D eigenvalue weighted by Crippen LogP contribution is -2.46. The fraction of sp³-hybridized carbons (Fsp3) is 0.440. The highest BCUT2D eigenvalue weighted by molar-refractivity contribution is 7.92. The monoisotopic (exact) mass is 469 g/mol. The van der Waals surface area contributed by atoms with Gasteiger partial charge in [-0.3, -0.25) is 13.9 Å². The van der Waals surface area contributed by atoms with E-state index in [9.17, 15) is 18.0 Å². The van der Waals surface area contributed by atoms with Gasteiger partial charge in [0.1, 0.15) is 0 Å². The van der Waals surface area contributed by atoms with Crippen LogP contribution in [0.25, 0.3) is 0 Å². The lowest BCUT2D eigenvalue weighted by atomic mass is 10.0. The largest absolute Gasteiger partial charge is 0.353 e. The molecule has 1 saturated heterocycles. The smallest absolute Gasteiger partial charge is 0.253 e. The average Bonchev–Trinajstić information content (AvgIpc) is 3.13. The Balaban J connectivity index is 1.30. The van der Waals surface area contributed by atoms with Gasteiger partial charge in [-0.1, -0.05) is 30.3 Å². The summed E-state index contributed by atoms with van der Waals surface area (Å²) >= 11 is 0. The number of hydrogen-bond acceptors (Lipinski definition) is 4. The van der Waals surface area contributed by atoms with Gasteiger partial charge in [0.2, 0.25) is 15.9 Å². The second kappa shape index (κ2) is 9.55. The Hall–Kier alpha value is -2.87. The van der Waals surface area contributed by atoms with Crippen molar-refractivity contribution < 1.29 is 18.0 Å². The van der Waals surface area contributed by atoms with Crippen LogP contribution >= 0.6 is 0 Å². The van der Waals surface area contributed by atoms with Crippen LogP contribution in [-0.2, 0) is 27.7 Å². The summed E-state index contributed by atoms with van der Waals surface area (Å²) in [6.07, 6.45) is 4.45. The minimum absolute atomic E-state index is 0.0443. The first-order chi connectivity index (χ1) is 15.7. The van der Waals surface area contributed by atoms with Gasteiger partial charge >= 0.3 is 0 Å². The number of nitrogens with zero attached hydrogens (tertiary/aromatic N) is 2. The fourth-order valence-electron chi connectivity index (χ4n) is 4.85. The van der Waals surface area contributed by atoms with Crippen molar-refractivity contribution in [1.82, 2.24) is 10.2 Å². The van der Waals surface area contributed by atoms with Crippen molar-refractivity contribution in [3.8, 4) is 0 Å². The molecule has 1 fully saturated rings. The highest BCUT2D eigenvalue weighted by atomic mass is 32.2. The normalized spacial score (nSPS) is 18.8. The third-order valence-electron chi connectivity index (χ3n) is 6.47. The zero-order chi connectivity index (χ0) is 23.6. The summed E-state index contributed by atoms with van der Waals surface area (Å²) in [5, 5.41) is 3.11. The predicted octanol–water partition coefficient (Wildman–Crippen LogP) is 2.75. The van der Waals surface area contributed by atoms with Crippen molar-refractivity contribution in [2.24, 2.45) is 0 Å². The standard InChI is InChI=1S/C25H31N3O4S/c1-18-16-21-17-20(9-10-23(21)28(18)33(2,31)32)25(30)27-14-12-22(13-15-27)26-24(29)11-8-19-6-4-3-5-7-19/h3-7,9-10,17-18,22H,8,11-16H2,1-2H3,(H,26,29). The van der Waals surface area contributed by atoms with Gasteiger partial charge < -0.3 is 10.2 Å². The van der Waals surface area contributed by atoms with E-state index in [1.165, 1.54) is 10.6 Å². The molecule has 2 aromatic rings. The lowest BCUT2D eigenvalue weighted by Gasteiger charge is -2.32. The number of benzene rings is 2. The molecule has 2 heterocycles. The molecule has 1 unspecified atom stereocenters. The number of aryl methyl sites for hydroxylation is 1. The molecule has 0 radical (unpaired) electrons. The highest BCUT2D eigenvalue weighted by Crippen LogP contribution is 2.35. The van der Waals surface area contributed by atoms with Crippen LogP contribution < -0.4 is 9.62 Å². The minimum atomic E-state index is -3.35. The summed E-state index contributed by atoms with van der Waals surface area (Å²) in [4.78, 5) is 27.2. The van der Waals surface area contributed by atoms with Crippen molar-refractivity contribution >= 4 is 27.5 Å². The number of rotatable bonds is 6. The Morgan fingerprint density at radius 1 is 1.06 bits per heavy atom. The van der Waals surface area contributed by atoms with Gasteiger partial charge in [0.25, 0.3) is 5.91 Å². The van der Waals surface area contributed by atoms with E-state index in [4.69, 9.17) is 0 Å². The van der Waals surface area contributed by atoms with Crippen LogP contribution in [0.15, 0.2) is 48.5 Å². The van der Waals surface area contributed by atoms with Gasteiger partial charge in [0, 0.05) is 37.2 Å². The molecule has 176 valence electrons. The number of hydrogen-bond donors (Lipinski definition) is 1. The van der Waals surface area contributed by atoms with Crippen molar-refractivity contribution in [3.05, 3.63) is 65.2 Å². The zero-order valence-electron chi connectivity index (χ0n) is 19.2. The number of sulfonamides is 1. The Morgan fingerprint density at radius 2 is 1.76 bits per heavy atom. The number of carbonyl (C=O) groups excluding carboxylic acids is 2. The molecule has 1 atom stereocenters. The topological polar surface area (TPSA) is 86.8 Å². The molecule has 33 heavy (non-hydrogen) atoms. The Bertz CT molecular complexity index is 1130. The summed E-state index contributed by atoms with van der Waals surface area (Å²) in [5.74, 6) is 0.00363. The molecule has 2 aliphatic heterocycles. The number of piperidine rings is 1. The van der Waals surface area contributed by atoms with Crippen molar-refractivity contribution in [2.45, 2.75) is 51.1 Å². The van der Waals surface area contributed by atoms with Crippen LogP contribution in [0.4, 0.5) is 5.69 Å². The summed E-state index contributed by atoms with van der Waals surface area (Å²) in [5.41, 5.74) is 3.29. The molecule has 1 N–H and O–H groups in total. The number of nitrogens with one attached hydrogen (secondary N) is 1. The number of carbonyl (C=O) groups is 2. The van der Waals surface area contributed by atoms with Gasteiger partial charge in [-0.25, -0.2) is 8.42 Å². The maximum atomic E-state index is 13.1. The van der Waals surface area contributed by atoms with Crippen LogP contribution in [0.2, 0.25) is 0 Å². The van der Waals surface area contributed by atoms with E-state index in [1.807, 2.05) is 48.2 Å². The van der Waals surface area contributed by atoms with E-state index in [-0.39, 0.29) is 23.9 Å². The Kier molecular flexibility index (Phi) is 6.74. The fourth-order valence-corrected chi connectivity index (χ4v) is 6.12. The van der Waals surface area contributed by atoms with Gasteiger partial charge in [-0.2, -0.15) is 0 Å². The average molecular weight is 470 g/mol. The van der Waals surface area contributed by atoms with Gasteiger partial charge in [0.15, 0.2) is 0 Å². The minimum Gasteiger partial charge on any atom is -0.353 e. The molecule has 0 bridgehead atoms. The van der Waals surface area contributed by atoms with E-state index in [2.05, 4.69) is 5.32 Å². The first kappa shape index (κ1) is 23.3. The van der Waals surface area contributed by atoms with Gasteiger partial charge in [-0.15, -0.1) is 0 Å². The Morgan fingerprint density at radius 3 is 2.42 bits per heavy atom. The quantitative estimate of drug-likeness (QED) is 0.705. The number of fused-ring (bicyclic) bond motifs is 1. The molecule has 0 aliphatic carbocycles. The van der Waals surface area contributed by atoms with Crippen molar-refractivity contribution in [1.29, 1.82) is 0 Å². The third kappa shape index (κ3) is 5.38. The second-order valence-corrected chi connectivity index (χ2v) is 10.9. The lowest BCUT2D eigenvalue weighted by molar-refractivity contribution is -0.122. The molecule has 0 spiro atoms. The first-order valence-corrected chi connectivity index (χ1v) is 13.3. The molecule has 2 aromatic carbocycles. The first-order valence-electron chi connectivity index (χ1n) is 11.5. The second-order valence-electron chi connectivity index (χ2n) is 9.08. The summed E-state index contributed by atoms with van der Waals surface area (Å²) < 4.78 is 25.7. The van der Waals surface area contributed by atoms with Crippen molar-refractivity contribution in [3.63, 3.8) is 0 Å². The molecule has 4 rings (SSSR count). The number of amides is 2. The Labute approximate surface area is 195 Å². The van der Waals surface area contributed by atoms with Crippen LogP contribution in [0.5, 0.6) is 0 Å². The van der Waals surface area contributed by atoms with E-state index >= 15 is 0 Å². The van der Waals surface area contributed by atoms with E-state index < -0.39 is 10.0 Å². The molecule has 0 aromatic heterocycles. The van der Waals surface area contributed by atoms with E-state index in [0.29, 0.717) is 37.2 Å². The number of likely N-dealkylation sites (tertiary alicyclic amines) is 1. The molecule has 2 aliphatic rings. The van der Waals surface area contributed by atoms with Crippen LogP contribution in [0, 0.1) is 0 Å². The third-order valence-corrected chi connectivity index (χ3v) is 7.74. The molecule has 8 heteroatoms. The molecule has 2 amide bonds. The van der Waals surface area contributed by atoms with Crippen LogP contribution in [-0.4, -0.2) is 56.6 Å². The summed E-state index contributed by atoms with van der Waals surface area (Å²) in [6.45, 7) is 3.05. The van der Waals surface area contributed by atoms with E-state index in [1.54, 1.807) is 12.1 Å². The van der Waals surface area contributed by atoms with E-state index in [0.717, 1.165) is 30.4 Å². The molecular weight excluding hydrogens is 438 g/mol. The molecule has 0 saturated carbocycles. The molecule has 7 nitrogen and oxygen atoms in total. The maximum absolute atomic E-state index is 13.1. The summed E-state index contributed by atoms with van der Waals surface area (Å²) in [6, 6.07) is 15.2. The maximum Gasteiger partial charge on any atom is 0.253 e. The molecular formula is C25H31N3O4S. The van der Waals surface area contributed by atoms with Gasteiger partial charge in [0.05, 0.1) is 11.9 Å². The zero-order valence-corrected chi connectivity index (χ0v) is 20.0. The SMILES string of the molecule is CC1Cc2cc(C(=O)N3CCC(NC(=O)CCc4ccccc4)CC3)ccc2N1S(C)(=O)=O. The van der Waals surface area contributed by atoms with Crippen LogP contribution in [0.1, 0.15) is 47.7 Å². The van der Waals surface area contributed by atoms with Crippen LogP contribution in [0.3, 0.4) is 0 Å².